The van der Waals surface area contributed by atoms with Crippen LogP contribution in [0.15, 0.2) is 64.6 Å². The second-order valence-electron chi connectivity index (χ2n) is 4.11. The van der Waals surface area contributed by atoms with Crippen LogP contribution in [0.1, 0.15) is 0 Å². The lowest BCUT2D eigenvalue weighted by Gasteiger charge is -2.09. The zero-order chi connectivity index (χ0) is 13.2. The molecule has 19 heavy (non-hydrogen) atoms. The van der Waals surface area contributed by atoms with Gasteiger partial charge < -0.3 is 5.73 Å². The van der Waals surface area contributed by atoms with Crippen LogP contribution in [0.2, 0.25) is 5.02 Å². The van der Waals surface area contributed by atoms with E-state index in [9.17, 15) is 0 Å². The van der Waals surface area contributed by atoms with E-state index in [1.54, 1.807) is 18.0 Å². The largest absolute Gasteiger partial charge is 0.397 e. The molecule has 0 radical (unpaired) electrons. The molecule has 0 aliphatic rings. The summed E-state index contributed by atoms with van der Waals surface area (Å²) in [6.45, 7) is 0. The first-order valence-corrected chi connectivity index (χ1v) is 7.00. The molecule has 0 amide bonds. The molecule has 0 atom stereocenters. The Morgan fingerprint density at radius 2 is 1.84 bits per heavy atom. The summed E-state index contributed by atoms with van der Waals surface area (Å²) in [7, 11) is 0. The van der Waals surface area contributed by atoms with Gasteiger partial charge in [-0.15, -0.1) is 0 Å². The topological polar surface area (TPSA) is 38.9 Å². The van der Waals surface area contributed by atoms with Gasteiger partial charge in [-0.2, -0.15) is 0 Å². The monoisotopic (exact) mass is 286 g/mol. The summed E-state index contributed by atoms with van der Waals surface area (Å²) in [4.78, 5) is 6.11. The molecule has 0 spiro atoms. The number of anilines is 1. The van der Waals surface area contributed by atoms with E-state index in [0.717, 1.165) is 31.3 Å². The lowest BCUT2D eigenvalue weighted by Crippen LogP contribution is -1.91. The van der Waals surface area contributed by atoms with Gasteiger partial charge in [0.15, 0.2) is 0 Å². The van der Waals surface area contributed by atoms with Crippen LogP contribution in [-0.4, -0.2) is 4.98 Å². The second-order valence-corrected chi connectivity index (χ2v) is 5.60. The maximum Gasteiger partial charge on any atom is 0.0545 e. The molecule has 2 aromatic carbocycles. The Balaban J connectivity index is 2.07. The molecule has 0 saturated heterocycles. The molecule has 0 fully saturated rings. The molecule has 0 aliphatic carbocycles. The van der Waals surface area contributed by atoms with Crippen molar-refractivity contribution in [3.63, 3.8) is 0 Å². The van der Waals surface area contributed by atoms with E-state index in [2.05, 4.69) is 4.98 Å². The van der Waals surface area contributed by atoms with Crippen molar-refractivity contribution in [2.24, 2.45) is 0 Å². The zero-order valence-electron chi connectivity index (χ0n) is 10.0. The quantitative estimate of drug-likeness (QED) is 0.699. The molecule has 0 aliphatic heterocycles. The molecular formula is C15H11ClN2S. The van der Waals surface area contributed by atoms with Crippen LogP contribution in [0.4, 0.5) is 5.69 Å². The minimum absolute atomic E-state index is 0.738. The number of hydrogen-bond donors (Lipinski definition) is 1. The Bertz CT molecular complexity index is 743. The van der Waals surface area contributed by atoms with Crippen LogP contribution in [0.3, 0.4) is 0 Å². The minimum Gasteiger partial charge on any atom is -0.397 e. The lowest BCUT2D eigenvalue weighted by atomic mass is 10.1. The van der Waals surface area contributed by atoms with Crippen LogP contribution in [0.5, 0.6) is 0 Å². The summed E-state index contributed by atoms with van der Waals surface area (Å²) in [5, 5.41) is 2.80. The Morgan fingerprint density at radius 1 is 1.00 bits per heavy atom. The fourth-order valence-corrected chi connectivity index (χ4v) is 3.06. The summed E-state index contributed by atoms with van der Waals surface area (Å²) in [6, 6.07) is 13.7. The highest BCUT2D eigenvalue weighted by molar-refractivity contribution is 7.99. The average Bonchev–Trinajstić information content (AvgIpc) is 2.44. The standard InChI is InChI=1S/C15H11ClN2S/c16-12-3-1-2-4-13(12)19-14-6-5-10-9-18-8-7-11(10)15(14)17/h1-9H,17H2. The fraction of sp³-hybridized carbons (Fsp3) is 0. The van der Waals surface area contributed by atoms with Crippen molar-refractivity contribution in [1.29, 1.82) is 0 Å². The van der Waals surface area contributed by atoms with Crippen LogP contribution >= 0.6 is 23.4 Å². The Morgan fingerprint density at radius 3 is 2.68 bits per heavy atom. The number of rotatable bonds is 2. The zero-order valence-corrected chi connectivity index (χ0v) is 11.6. The summed E-state index contributed by atoms with van der Waals surface area (Å²) in [5.74, 6) is 0. The van der Waals surface area contributed by atoms with Gasteiger partial charge in [0.1, 0.15) is 0 Å². The summed E-state index contributed by atoms with van der Waals surface area (Å²) in [6.07, 6.45) is 3.57. The highest BCUT2D eigenvalue weighted by atomic mass is 35.5. The van der Waals surface area contributed by atoms with Crippen molar-refractivity contribution in [3.05, 3.63) is 59.9 Å². The van der Waals surface area contributed by atoms with Crippen molar-refractivity contribution in [1.82, 2.24) is 4.98 Å². The Hall–Kier alpha value is -1.71. The number of pyridine rings is 1. The maximum absolute atomic E-state index is 6.23. The number of halogens is 1. The highest BCUT2D eigenvalue weighted by Crippen LogP contribution is 2.38. The van der Waals surface area contributed by atoms with Crippen LogP contribution < -0.4 is 5.73 Å². The van der Waals surface area contributed by atoms with Crippen LogP contribution in [0, 0.1) is 0 Å². The van der Waals surface area contributed by atoms with Gasteiger partial charge in [-0.05, 0) is 24.3 Å². The average molecular weight is 287 g/mol. The third kappa shape index (κ3) is 2.39. The van der Waals surface area contributed by atoms with E-state index in [1.165, 1.54) is 0 Å². The molecule has 3 aromatic rings. The number of hydrogen-bond acceptors (Lipinski definition) is 3. The first kappa shape index (κ1) is 12.3. The molecule has 1 aromatic heterocycles. The first-order chi connectivity index (χ1) is 9.25. The molecule has 2 N–H and O–H groups in total. The molecule has 0 saturated carbocycles. The molecule has 94 valence electrons. The Labute approximate surface area is 120 Å². The van der Waals surface area contributed by atoms with Gasteiger partial charge in [-0.3, -0.25) is 4.98 Å². The van der Waals surface area contributed by atoms with E-state index < -0.39 is 0 Å². The third-order valence-corrected chi connectivity index (χ3v) is 4.47. The minimum atomic E-state index is 0.738. The molecule has 0 bridgehead atoms. The van der Waals surface area contributed by atoms with Gasteiger partial charge in [0.2, 0.25) is 0 Å². The normalized spacial score (nSPS) is 10.8. The SMILES string of the molecule is Nc1c(Sc2ccccc2Cl)ccc2cnccc12. The highest BCUT2D eigenvalue weighted by Gasteiger charge is 2.08. The van der Waals surface area contributed by atoms with Gasteiger partial charge in [0.05, 0.1) is 10.7 Å². The molecule has 4 heteroatoms. The van der Waals surface area contributed by atoms with Gasteiger partial charge >= 0.3 is 0 Å². The number of aromatic nitrogens is 1. The van der Waals surface area contributed by atoms with E-state index >= 15 is 0 Å². The van der Waals surface area contributed by atoms with Gasteiger partial charge in [-0.1, -0.05) is 41.6 Å². The van der Waals surface area contributed by atoms with Crippen molar-refractivity contribution in [3.8, 4) is 0 Å². The smallest absolute Gasteiger partial charge is 0.0545 e. The summed E-state index contributed by atoms with van der Waals surface area (Å²) in [5.41, 5.74) is 6.99. The fourth-order valence-electron chi connectivity index (χ4n) is 1.91. The van der Waals surface area contributed by atoms with Crippen LogP contribution in [-0.2, 0) is 0 Å². The number of nitrogens with two attached hydrogens (primary N) is 1. The van der Waals surface area contributed by atoms with Gasteiger partial charge in [0, 0.05) is 33.0 Å². The van der Waals surface area contributed by atoms with E-state index in [1.807, 2.05) is 48.7 Å². The van der Waals surface area contributed by atoms with Crippen molar-refractivity contribution < 1.29 is 0 Å². The maximum atomic E-state index is 6.23. The van der Waals surface area contributed by atoms with E-state index in [4.69, 9.17) is 17.3 Å². The summed E-state index contributed by atoms with van der Waals surface area (Å²) >= 11 is 7.75. The van der Waals surface area contributed by atoms with Crippen molar-refractivity contribution in [2.45, 2.75) is 9.79 Å². The lowest BCUT2D eigenvalue weighted by molar-refractivity contribution is 1.35. The summed E-state index contributed by atoms with van der Waals surface area (Å²) < 4.78 is 0. The predicted molar refractivity (Wildman–Crippen MR) is 81.7 cm³/mol. The van der Waals surface area contributed by atoms with E-state index in [-0.39, 0.29) is 0 Å². The number of nitrogens with zero attached hydrogens (tertiary/aromatic N) is 1. The van der Waals surface area contributed by atoms with Crippen molar-refractivity contribution in [2.75, 3.05) is 5.73 Å². The van der Waals surface area contributed by atoms with Crippen LogP contribution in [0.25, 0.3) is 10.8 Å². The molecular weight excluding hydrogens is 276 g/mol. The molecule has 0 unspecified atom stereocenters. The van der Waals surface area contributed by atoms with Crippen molar-refractivity contribution >= 4 is 39.8 Å². The molecule has 2 nitrogen and oxygen atoms in total. The third-order valence-electron chi connectivity index (χ3n) is 2.88. The van der Waals surface area contributed by atoms with Gasteiger partial charge in [-0.25, -0.2) is 0 Å². The van der Waals surface area contributed by atoms with E-state index in [0.29, 0.717) is 0 Å². The molecule has 3 rings (SSSR count). The Kier molecular flexibility index (Phi) is 3.32. The number of benzene rings is 2. The first-order valence-electron chi connectivity index (χ1n) is 5.80. The second kappa shape index (κ2) is 5.11. The molecule has 1 heterocycles. The number of fused-ring (bicyclic) bond motifs is 1. The predicted octanol–water partition coefficient (Wildman–Crippen LogP) is 4.62. The number of nitrogen functional groups attached to an aromatic ring is 1. The van der Waals surface area contributed by atoms with Gasteiger partial charge in [0.25, 0.3) is 0 Å².